The average Bonchev–Trinajstić information content (AvgIpc) is 2.46. The van der Waals surface area contributed by atoms with Crippen molar-refractivity contribution in [1.29, 1.82) is 0 Å². The van der Waals surface area contributed by atoms with E-state index >= 15 is 0 Å². The molecule has 96 valence electrons. The van der Waals surface area contributed by atoms with Crippen LogP contribution in [0.25, 0.3) is 0 Å². The fourth-order valence-electron chi connectivity index (χ4n) is 1.58. The van der Waals surface area contributed by atoms with Crippen LogP contribution in [0.5, 0.6) is 0 Å². The van der Waals surface area contributed by atoms with Crippen LogP contribution < -0.4 is 5.73 Å². The lowest BCUT2D eigenvalue weighted by molar-refractivity contribution is -0.131. The second-order valence-corrected chi connectivity index (χ2v) is 5.22. The van der Waals surface area contributed by atoms with E-state index < -0.39 is 5.54 Å². The van der Waals surface area contributed by atoms with E-state index in [0.717, 1.165) is 17.0 Å². The molecule has 0 bridgehead atoms. The second-order valence-electron chi connectivity index (χ2n) is 5.22. The number of hydrogen-bond donors (Lipinski definition) is 1. The van der Waals surface area contributed by atoms with Gasteiger partial charge in [0, 0.05) is 24.6 Å². The van der Waals surface area contributed by atoms with Crippen molar-refractivity contribution in [2.24, 2.45) is 5.73 Å². The summed E-state index contributed by atoms with van der Waals surface area (Å²) in [5, 5.41) is 3.87. The van der Waals surface area contributed by atoms with E-state index in [1.165, 1.54) is 0 Å². The Bertz CT molecular complexity index is 385. The quantitative estimate of drug-likeness (QED) is 0.861. The van der Waals surface area contributed by atoms with Gasteiger partial charge in [0.15, 0.2) is 0 Å². The number of amides is 1. The molecule has 1 rings (SSSR count). The maximum Gasteiger partial charge on any atom is 0.224 e. The monoisotopic (exact) mass is 239 g/mol. The number of carbonyl (C=O) groups excluding carboxylic acids is 1. The Morgan fingerprint density at radius 1 is 1.47 bits per heavy atom. The summed E-state index contributed by atoms with van der Waals surface area (Å²) < 4.78 is 5.06. The standard InChI is InChI=1S/C12H21N3O2/c1-8-10(9(2)17-14-8)7-15(5)11(16)6-12(3,4)13/h6-7,13H2,1-5H3. The molecule has 0 spiro atoms. The van der Waals surface area contributed by atoms with Gasteiger partial charge in [0.2, 0.25) is 5.91 Å². The van der Waals surface area contributed by atoms with Gasteiger partial charge in [-0.1, -0.05) is 5.16 Å². The number of nitrogens with zero attached hydrogens (tertiary/aromatic N) is 2. The van der Waals surface area contributed by atoms with Crippen LogP contribution in [-0.2, 0) is 11.3 Å². The van der Waals surface area contributed by atoms with Gasteiger partial charge in [-0.15, -0.1) is 0 Å². The predicted molar refractivity (Wildman–Crippen MR) is 65.3 cm³/mol. The minimum Gasteiger partial charge on any atom is -0.361 e. The third-order valence-corrected chi connectivity index (χ3v) is 2.61. The number of aromatic nitrogens is 1. The molecule has 0 aliphatic rings. The van der Waals surface area contributed by atoms with Gasteiger partial charge < -0.3 is 15.2 Å². The first-order valence-electron chi connectivity index (χ1n) is 5.65. The highest BCUT2D eigenvalue weighted by atomic mass is 16.5. The van der Waals surface area contributed by atoms with Crippen molar-refractivity contribution >= 4 is 5.91 Å². The summed E-state index contributed by atoms with van der Waals surface area (Å²) in [7, 11) is 1.76. The summed E-state index contributed by atoms with van der Waals surface area (Å²) in [6.45, 7) is 7.91. The van der Waals surface area contributed by atoms with Crippen molar-refractivity contribution in [3.05, 3.63) is 17.0 Å². The number of carbonyl (C=O) groups is 1. The smallest absolute Gasteiger partial charge is 0.224 e. The average molecular weight is 239 g/mol. The molecule has 0 aliphatic heterocycles. The van der Waals surface area contributed by atoms with Crippen molar-refractivity contribution in [2.45, 2.75) is 46.2 Å². The van der Waals surface area contributed by atoms with E-state index in [9.17, 15) is 4.79 Å². The van der Waals surface area contributed by atoms with E-state index in [0.29, 0.717) is 13.0 Å². The van der Waals surface area contributed by atoms with E-state index in [-0.39, 0.29) is 5.91 Å². The number of rotatable bonds is 4. The Morgan fingerprint density at radius 3 is 2.47 bits per heavy atom. The van der Waals surface area contributed by atoms with Crippen LogP contribution in [-0.4, -0.2) is 28.6 Å². The molecule has 5 heteroatoms. The van der Waals surface area contributed by atoms with Crippen molar-refractivity contribution in [3.8, 4) is 0 Å². The van der Waals surface area contributed by atoms with Gasteiger partial charge in [-0.2, -0.15) is 0 Å². The highest BCUT2D eigenvalue weighted by Gasteiger charge is 2.21. The van der Waals surface area contributed by atoms with Crippen LogP contribution in [0.1, 0.15) is 37.3 Å². The van der Waals surface area contributed by atoms with Gasteiger partial charge in [-0.05, 0) is 27.7 Å². The normalized spacial score (nSPS) is 11.6. The van der Waals surface area contributed by atoms with Gasteiger partial charge in [-0.3, -0.25) is 4.79 Å². The topological polar surface area (TPSA) is 72.4 Å². The van der Waals surface area contributed by atoms with Crippen LogP contribution in [0, 0.1) is 13.8 Å². The lowest BCUT2D eigenvalue weighted by atomic mass is 10.0. The first-order chi connectivity index (χ1) is 7.70. The van der Waals surface area contributed by atoms with Crippen molar-refractivity contribution < 1.29 is 9.32 Å². The Hall–Kier alpha value is -1.36. The zero-order chi connectivity index (χ0) is 13.2. The summed E-state index contributed by atoms with van der Waals surface area (Å²) in [5.41, 5.74) is 7.14. The number of hydrogen-bond acceptors (Lipinski definition) is 4. The molecular formula is C12H21N3O2. The minimum absolute atomic E-state index is 0.0255. The molecule has 0 aliphatic carbocycles. The van der Waals surface area contributed by atoms with Gasteiger partial charge in [0.05, 0.1) is 12.2 Å². The van der Waals surface area contributed by atoms with Crippen LogP contribution in [0.3, 0.4) is 0 Å². The molecule has 0 saturated heterocycles. The molecular weight excluding hydrogens is 218 g/mol. The van der Waals surface area contributed by atoms with E-state index in [1.54, 1.807) is 11.9 Å². The molecule has 1 heterocycles. The Morgan fingerprint density at radius 2 is 2.06 bits per heavy atom. The third-order valence-electron chi connectivity index (χ3n) is 2.61. The van der Waals surface area contributed by atoms with Gasteiger partial charge in [-0.25, -0.2) is 0 Å². The molecule has 0 radical (unpaired) electrons. The molecule has 2 N–H and O–H groups in total. The first-order valence-corrected chi connectivity index (χ1v) is 5.65. The lowest BCUT2D eigenvalue weighted by Crippen LogP contribution is -2.39. The molecule has 1 amide bonds. The largest absolute Gasteiger partial charge is 0.361 e. The Kier molecular flexibility index (Phi) is 3.93. The Balaban J connectivity index is 2.67. The second kappa shape index (κ2) is 4.87. The molecule has 1 aromatic rings. The molecule has 0 fully saturated rings. The van der Waals surface area contributed by atoms with Crippen molar-refractivity contribution in [2.75, 3.05) is 7.05 Å². The molecule has 0 saturated carbocycles. The summed E-state index contributed by atoms with van der Waals surface area (Å²) in [6, 6.07) is 0. The highest BCUT2D eigenvalue weighted by molar-refractivity contribution is 5.77. The van der Waals surface area contributed by atoms with Crippen LogP contribution in [0.4, 0.5) is 0 Å². The van der Waals surface area contributed by atoms with E-state index in [1.807, 2.05) is 27.7 Å². The molecule has 17 heavy (non-hydrogen) atoms. The van der Waals surface area contributed by atoms with Gasteiger partial charge in [0.25, 0.3) is 0 Å². The zero-order valence-corrected chi connectivity index (χ0v) is 11.2. The SMILES string of the molecule is Cc1noc(C)c1CN(C)C(=O)CC(C)(C)N. The highest BCUT2D eigenvalue weighted by Crippen LogP contribution is 2.15. The van der Waals surface area contributed by atoms with Crippen LogP contribution in [0.2, 0.25) is 0 Å². The lowest BCUT2D eigenvalue weighted by Gasteiger charge is -2.23. The number of nitrogens with two attached hydrogens (primary N) is 1. The molecule has 5 nitrogen and oxygen atoms in total. The summed E-state index contributed by atoms with van der Waals surface area (Å²) in [5.74, 6) is 0.784. The van der Waals surface area contributed by atoms with Crippen molar-refractivity contribution in [3.63, 3.8) is 0 Å². The molecule has 0 unspecified atom stereocenters. The predicted octanol–water partition coefficient (Wildman–Crippen LogP) is 1.38. The molecule has 0 aromatic carbocycles. The molecule has 0 atom stereocenters. The Labute approximate surface area is 102 Å². The van der Waals surface area contributed by atoms with Gasteiger partial charge in [0.1, 0.15) is 5.76 Å². The summed E-state index contributed by atoms with van der Waals surface area (Å²) in [4.78, 5) is 13.6. The maximum absolute atomic E-state index is 11.9. The van der Waals surface area contributed by atoms with Crippen LogP contribution in [0.15, 0.2) is 4.52 Å². The van der Waals surface area contributed by atoms with E-state index in [4.69, 9.17) is 10.3 Å². The fourth-order valence-corrected chi connectivity index (χ4v) is 1.58. The van der Waals surface area contributed by atoms with Crippen LogP contribution >= 0.6 is 0 Å². The minimum atomic E-state index is -0.482. The van der Waals surface area contributed by atoms with Crippen molar-refractivity contribution in [1.82, 2.24) is 10.1 Å². The molecule has 1 aromatic heterocycles. The maximum atomic E-state index is 11.9. The van der Waals surface area contributed by atoms with Gasteiger partial charge >= 0.3 is 0 Å². The third kappa shape index (κ3) is 3.85. The number of aryl methyl sites for hydroxylation is 2. The van der Waals surface area contributed by atoms with E-state index in [2.05, 4.69) is 5.16 Å². The summed E-state index contributed by atoms with van der Waals surface area (Å²) in [6.07, 6.45) is 0.326. The summed E-state index contributed by atoms with van der Waals surface area (Å²) >= 11 is 0. The fraction of sp³-hybridized carbons (Fsp3) is 0.667. The first kappa shape index (κ1) is 13.7. The zero-order valence-electron chi connectivity index (χ0n) is 11.2.